The van der Waals surface area contributed by atoms with Gasteiger partial charge in [0.1, 0.15) is 17.3 Å². The van der Waals surface area contributed by atoms with Gasteiger partial charge in [0, 0.05) is 17.6 Å². The molecule has 1 atom stereocenters. The summed E-state index contributed by atoms with van der Waals surface area (Å²) in [6.45, 7) is 0.289. The van der Waals surface area contributed by atoms with Crippen LogP contribution in [-0.4, -0.2) is 29.9 Å². The van der Waals surface area contributed by atoms with Crippen molar-refractivity contribution in [3.8, 4) is 17.1 Å². The lowest BCUT2D eigenvalue weighted by Gasteiger charge is -2.26. The van der Waals surface area contributed by atoms with E-state index in [1.54, 1.807) is 31.3 Å². The molecule has 0 bridgehead atoms. The number of carbonyl (C=O) groups excluding carboxylic acids is 2. The van der Waals surface area contributed by atoms with Crippen LogP contribution >= 0.6 is 11.6 Å². The number of hydrogen-bond donors (Lipinski definition) is 1. The van der Waals surface area contributed by atoms with Crippen molar-refractivity contribution in [1.29, 1.82) is 0 Å². The van der Waals surface area contributed by atoms with Crippen molar-refractivity contribution >= 4 is 29.1 Å². The molecule has 29 heavy (non-hydrogen) atoms. The number of anilines is 1. The molecule has 1 aromatic heterocycles. The number of rotatable bonds is 5. The molecule has 1 aliphatic heterocycles. The van der Waals surface area contributed by atoms with Crippen molar-refractivity contribution in [3.63, 3.8) is 0 Å². The minimum absolute atomic E-state index is 0.0541. The zero-order valence-electron chi connectivity index (χ0n) is 15.7. The predicted octanol–water partition coefficient (Wildman–Crippen LogP) is 4.35. The van der Waals surface area contributed by atoms with Crippen molar-refractivity contribution in [1.82, 2.24) is 4.90 Å². The first-order valence-corrected chi connectivity index (χ1v) is 9.52. The number of halogens is 1. The Kier molecular flexibility index (Phi) is 5.27. The summed E-state index contributed by atoms with van der Waals surface area (Å²) in [5.74, 6) is 1.36. The summed E-state index contributed by atoms with van der Waals surface area (Å²) in [5.41, 5.74) is 1.51. The van der Waals surface area contributed by atoms with E-state index in [9.17, 15) is 9.59 Å². The highest BCUT2D eigenvalue weighted by molar-refractivity contribution is 6.30. The lowest BCUT2D eigenvalue weighted by molar-refractivity contribution is -0.136. The summed E-state index contributed by atoms with van der Waals surface area (Å²) in [7, 11) is 1.67. The van der Waals surface area contributed by atoms with Gasteiger partial charge in [-0.25, -0.2) is 0 Å². The molecule has 148 valence electrons. The summed E-state index contributed by atoms with van der Waals surface area (Å²) in [4.78, 5) is 26.3. The smallest absolute Gasteiger partial charge is 0.266 e. The van der Waals surface area contributed by atoms with Gasteiger partial charge in [-0.15, -0.1) is 0 Å². The summed E-state index contributed by atoms with van der Waals surface area (Å²) >= 11 is 5.91. The zero-order chi connectivity index (χ0) is 20.4. The average Bonchev–Trinajstić information content (AvgIpc) is 3.17. The van der Waals surface area contributed by atoms with Gasteiger partial charge >= 0.3 is 0 Å². The Bertz CT molecular complexity index is 1040. The Labute approximate surface area is 173 Å². The van der Waals surface area contributed by atoms with Gasteiger partial charge in [0.25, 0.3) is 5.91 Å². The largest absolute Gasteiger partial charge is 0.478 e. The minimum Gasteiger partial charge on any atom is -0.478 e. The van der Waals surface area contributed by atoms with Crippen molar-refractivity contribution in [3.05, 3.63) is 71.4 Å². The third-order valence-electron chi connectivity index (χ3n) is 4.68. The number of amides is 2. The molecule has 2 heterocycles. The third-order valence-corrected chi connectivity index (χ3v) is 4.93. The number of benzene rings is 2. The normalized spacial score (nSPS) is 15.2. The van der Waals surface area contributed by atoms with Crippen molar-refractivity contribution in [2.45, 2.75) is 19.1 Å². The van der Waals surface area contributed by atoms with Gasteiger partial charge in [0.2, 0.25) is 5.91 Å². The molecule has 1 aliphatic rings. The number of carbonyl (C=O) groups is 2. The Morgan fingerprint density at radius 2 is 1.86 bits per heavy atom. The molecule has 0 saturated heterocycles. The number of nitrogens with zero attached hydrogens (tertiary/aromatic N) is 1. The van der Waals surface area contributed by atoms with Crippen LogP contribution in [0.3, 0.4) is 0 Å². The minimum atomic E-state index is -0.860. The summed E-state index contributed by atoms with van der Waals surface area (Å²) in [5, 5.41) is 3.42. The van der Waals surface area contributed by atoms with Crippen LogP contribution in [0.5, 0.6) is 5.75 Å². The highest BCUT2D eigenvalue weighted by Gasteiger charge is 2.30. The number of furan rings is 1. The van der Waals surface area contributed by atoms with Gasteiger partial charge in [-0.1, -0.05) is 23.7 Å². The maximum atomic E-state index is 12.6. The van der Waals surface area contributed by atoms with Crippen molar-refractivity contribution in [2.24, 2.45) is 0 Å². The molecule has 7 heteroatoms. The van der Waals surface area contributed by atoms with Crippen LogP contribution in [0.2, 0.25) is 5.02 Å². The van der Waals surface area contributed by atoms with Crippen molar-refractivity contribution < 1.29 is 18.7 Å². The summed E-state index contributed by atoms with van der Waals surface area (Å²) in [6, 6.07) is 18.2. The Hall–Kier alpha value is -3.25. The van der Waals surface area contributed by atoms with E-state index in [4.69, 9.17) is 20.8 Å². The molecule has 0 spiro atoms. The fourth-order valence-corrected chi connectivity index (χ4v) is 3.22. The van der Waals surface area contributed by atoms with Crippen LogP contribution in [0, 0.1) is 0 Å². The number of nitrogens with one attached hydrogen (secondary N) is 1. The number of hydrogen-bond acceptors (Lipinski definition) is 4. The van der Waals surface area contributed by atoms with Crippen LogP contribution in [0.1, 0.15) is 12.2 Å². The first-order chi connectivity index (χ1) is 14.0. The van der Waals surface area contributed by atoms with Gasteiger partial charge < -0.3 is 19.4 Å². The van der Waals surface area contributed by atoms with E-state index >= 15 is 0 Å². The van der Waals surface area contributed by atoms with Crippen LogP contribution in [0.4, 0.5) is 5.69 Å². The number of ether oxygens (including phenoxy) is 1. The fourth-order valence-electron chi connectivity index (χ4n) is 3.10. The Morgan fingerprint density at radius 1 is 1.10 bits per heavy atom. The molecule has 6 nitrogen and oxygen atoms in total. The molecule has 0 unspecified atom stereocenters. The molecule has 2 aromatic carbocycles. The topological polar surface area (TPSA) is 71.8 Å². The average molecular weight is 411 g/mol. The quantitative estimate of drug-likeness (QED) is 0.678. The molecule has 0 aliphatic carbocycles. The second-order valence-corrected chi connectivity index (χ2v) is 7.26. The molecule has 3 aromatic rings. The second-order valence-electron chi connectivity index (χ2n) is 6.82. The van der Waals surface area contributed by atoms with E-state index < -0.39 is 6.10 Å². The number of para-hydroxylation sites is 2. The molecular formula is C22H19ClN2O4. The third kappa shape index (κ3) is 4.27. The van der Waals surface area contributed by atoms with Gasteiger partial charge in [0.05, 0.1) is 18.7 Å². The molecule has 2 amide bonds. The molecular weight excluding hydrogens is 392 g/mol. The summed E-state index contributed by atoms with van der Waals surface area (Å²) < 4.78 is 11.5. The van der Waals surface area contributed by atoms with Crippen LogP contribution in [0.15, 0.2) is 65.1 Å². The van der Waals surface area contributed by atoms with E-state index in [1.165, 1.54) is 4.90 Å². The lowest BCUT2D eigenvalue weighted by Crippen LogP contribution is -2.41. The maximum absolute atomic E-state index is 12.6. The SMILES string of the molecule is CN(Cc1ccc(-c2ccc(Cl)cc2)o1)C(=O)C[C@H]1Oc2ccccc2NC1=O. The van der Waals surface area contributed by atoms with Crippen LogP contribution in [0.25, 0.3) is 11.3 Å². The van der Waals surface area contributed by atoms with Crippen molar-refractivity contribution in [2.75, 3.05) is 12.4 Å². The van der Waals surface area contributed by atoms with Gasteiger partial charge in [0.15, 0.2) is 6.10 Å². The Morgan fingerprint density at radius 3 is 2.66 bits per heavy atom. The first-order valence-electron chi connectivity index (χ1n) is 9.15. The molecule has 0 fully saturated rings. The fraction of sp³-hybridized carbons (Fsp3) is 0.182. The van der Waals surface area contributed by atoms with E-state index in [0.29, 0.717) is 28.0 Å². The van der Waals surface area contributed by atoms with E-state index in [2.05, 4.69) is 5.32 Å². The second kappa shape index (κ2) is 8.01. The van der Waals surface area contributed by atoms with Crippen LogP contribution in [-0.2, 0) is 16.1 Å². The zero-order valence-corrected chi connectivity index (χ0v) is 16.5. The van der Waals surface area contributed by atoms with E-state index in [1.807, 2.05) is 36.4 Å². The van der Waals surface area contributed by atoms with E-state index in [0.717, 1.165) is 5.56 Å². The predicted molar refractivity (Wildman–Crippen MR) is 110 cm³/mol. The first kappa shape index (κ1) is 19.1. The Balaban J connectivity index is 1.38. The highest BCUT2D eigenvalue weighted by atomic mass is 35.5. The molecule has 4 rings (SSSR count). The lowest BCUT2D eigenvalue weighted by atomic mass is 10.1. The maximum Gasteiger partial charge on any atom is 0.266 e. The highest BCUT2D eigenvalue weighted by Crippen LogP contribution is 2.30. The number of fused-ring (bicyclic) bond motifs is 1. The van der Waals surface area contributed by atoms with Gasteiger partial charge in [-0.05, 0) is 48.5 Å². The monoisotopic (exact) mass is 410 g/mol. The summed E-state index contributed by atoms with van der Waals surface area (Å²) in [6.07, 6.45) is -0.914. The standard InChI is InChI=1S/C22H19ClN2O4/c1-25(13-16-10-11-18(28-16)14-6-8-15(23)9-7-14)21(26)12-20-22(27)24-17-4-2-3-5-19(17)29-20/h2-11,20H,12-13H2,1H3,(H,24,27)/t20-/m1/s1. The molecule has 0 radical (unpaired) electrons. The van der Waals surface area contributed by atoms with Gasteiger partial charge in [-0.3, -0.25) is 9.59 Å². The van der Waals surface area contributed by atoms with Gasteiger partial charge in [-0.2, -0.15) is 0 Å². The molecule has 1 N–H and O–H groups in total. The van der Waals surface area contributed by atoms with Crippen LogP contribution < -0.4 is 10.1 Å². The van der Waals surface area contributed by atoms with E-state index in [-0.39, 0.29) is 24.8 Å². The molecule has 0 saturated carbocycles.